The average molecular weight is 265 g/mol. The molecule has 1 rings (SSSR count). The molecule has 2 N–H and O–H groups in total. The van der Waals surface area contributed by atoms with Gasteiger partial charge in [-0.3, -0.25) is 4.90 Å². The summed E-state index contributed by atoms with van der Waals surface area (Å²) in [5, 5.41) is 10.9. The van der Waals surface area contributed by atoms with Gasteiger partial charge in [-0.05, 0) is 31.7 Å². The van der Waals surface area contributed by atoms with Gasteiger partial charge >= 0.3 is 0 Å². The molecule has 0 saturated heterocycles. The number of nitrogens with two attached hydrogens (primary N) is 1. The third kappa shape index (κ3) is 3.81. The molecular formula is C14H23N3S. The second-order valence-corrected chi connectivity index (χ2v) is 5.75. The van der Waals surface area contributed by atoms with E-state index in [1.807, 2.05) is 0 Å². The van der Waals surface area contributed by atoms with Crippen molar-refractivity contribution in [1.82, 2.24) is 4.90 Å². The standard InChI is InChI=1S/C14H23N3S/c1-4-12(16)14(13-7-5-10-18-13)17(11(2)3)9-6-8-15/h5,7,10-12,14H,4,6,9,16H2,1-3H3. The molecule has 0 aliphatic heterocycles. The molecule has 1 heterocycles. The van der Waals surface area contributed by atoms with Gasteiger partial charge in [0.15, 0.2) is 0 Å². The third-order valence-electron chi connectivity index (χ3n) is 3.21. The monoisotopic (exact) mass is 265 g/mol. The van der Waals surface area contributed by atoms with Crippen molar-refractivity contribution < 1.29 is 0 Å². The molecule has 0 aromatic carbocycles. The van der Waals surface area contributed by atoms with E-state index < -0.39 is 0 Å². The smallest absolute Gasteiger partial charge is 0.0635 e. The van der Waals surface area contributed by atoms with Crippen LogP contribution in [0.15, 0.2) is 17.5 Å². The largest absolute Gasteiger partial charge is 0.326 e. The summed E-state index contributed by atoms with van der Waals surface area (Å²) in [6.07, 6.45) is 1.49. The second kappa shape index (κ2) is 7.52. The molecule has 3 nitrogen and oxygen atoms in total. The molecule has 18 heavy (non-hydrogen) atoms. The zero-order valence-electron chi connectivity index (χ0n) is 11.5. The fourth-order valence-corrected chi connectivity index (χ4v) is 3.12. The van der Waals surface area contributed by atoms with E-state index in [0.717, 1.165) is 13.0 Å². The predicted octanol–water partition coefficient (Wildman–Crippen LogP) is 3.15. The Kier molecular flexibility index (Phi) is 6.34. The van der Waals surface area contributed by atoms with Crippen molar-refractivity contribution in [2.75, 3.05) is 6.54 Å². The first-order chi connectivity index (χ1) is 8.61. The molecule has 0 aliphatic rings. The molecule has 0 saturated carbocycles. The molecule has 100 valence electrons. The maximum atomic E-state index is 8.80. The summed E-state index contributed by atoms with van der Waals surface area (Å²) in [6, 6.07) is 7.18. The molecule has 1 aromatic heterocycles. The van der Waals surface area contributed by atoms with Crippen molar-refractivity contribution >= 4 is 11.3 Å². The van der Waals surface area contributed by atoms with Gasteiger partial charge in [-0.2, -0.15) is 5.26 Å². The Morgan fingerprint density at radius 3 is 2.67 bits per heavy atom. The van der Waals surface area contributed by atoms with Crippen LogP contribution in [0, 0.1) is 11.3 Å². The Labute approximate surface area is 114 Å². The Bertz CT molecular complexity index is 367. The van der Waals surface area contributed by atoms with Crippen molar-refractivity contribution in [2.24, 2.45) is 5.73 Å². The fourth-order valence-electron chi connectivity index (χ4n) is 2.20. The molecule has 0 aliphatic carbocycles. The number of hydrogen-bond donors (Lipinski definition) is 1. The topological polar surface area (TPSA) is 53.0 Å². The molecule has 0 bridgehead atoms. The van der Waals surface area contributed by atoms with Crippen LogP contribution in [0.2, 0.25) is 0 Å². The van der Waals surface area contributed by atoms with Gasteiger partial charge in [-0.15, -0.1) is 11.3 Å². The summed E-state index contributed by atoms with van der Waals surface area (Å²) in [6.45, 7) is 7.24. The van der Waals surface area contributed by atoms with Gasteiger partial charge in [0.25, 0.3) is 0 Å². The lowest BCUT2D eigenvalue weighted by Crippen LogP contribution is -2.44. The highest BCUT2D eigenvalue weighted by Crippen LogP contribution is 2.30. The average Bonchev–Trinajstić information content (AvgIpc) is 2.86. The summed E-state index contributed by atoms with van der Waals surface area (Å²) in [7, 11) is 0. The van der Waals surface area contributed by atoms with Crippen molar-refractivity contribution in [1.29, 1.82) is 5.26 Å². The van der Waals surface area contributed by atoms with Crippen LogP contribution in [0.3, 0.4) is 0 Å². The quantitative estimate of drug-likeness (QED) is 0.824. The Morgan fingerprint density at radius 1 is 1.50 bits per heavy atom. The van der Waals surface area contributed by atoms with Crippen LogP contribution < -0.4 is 5.73 Å². The molecular weight excluding hydrogens is 242 g/mol. The lowest BCUT2D eigenvalue weighted by molar-refractivity contribution is 0.135. The summed E-state index contributed by atoms with van der Waals surface area (Å²) in [4.78, 5) is 3.65. The lowest BCUT2D eigenvalue weighted by Gasteiger charge is -2.37. The maximum Gasteiger partial charge on any atom is 0.0635 e. The predicted molar refractivity (Wildman–Crippen MR) is 77.4 cm³/mol. The highest BCUT2D eigenvalue weighted by atomic mass is 32.1. The minimum absolute atomic E-state index is 0.116. The number of nitrogens with zero attached hydrogens (tertiary/aromatic N) is 2. The van der Waals surface area contributed by atoms with Crippen molar-refractivity contribution in [3.8, 4) is 6.07 Å². The SMILES string of the molecule is CCC(N)C(c1cccs1)N(CCC#N)C(C)C. The van der Waals surface area contributed by atoms with E-state index in [9.17, 15) is 0 Å². The first-order valence-corrected chi connectivity index (χ1v) is 7.41. The minimum Gasteiger partial charge on any atom is -0.326 e. The Balaban J connectivity index is 2.95. The van der Waals surface area contributed by atoms with Crippen molar-refractivity contribution in [2.45, 2.75) is 51.7 Å². The van der Waals surface area contributed by atoms with Crippen LogP contribution in [0.1, 0.15) is 44.5 Å². The van der Waals surface area contributed by atoms with Gasteiger partial charge in [0.1, 0.15) is 0 Å². The zero-order valence-corrected chi connectivity index (χ0v) is 12.3. The zero-order chi connectivity index (χ0) is 13.5. The van der Waals surface area contributed by atoms with Crippen LogP contribution in [0.25, 0.3) is 0 Å². The van der Waals surface area contributed by atoms with Crippen molar-refractivity contribution in [3.05, 3.63) is 22.4 Å². The normalized spacial score (nSPS) is 14.7. The number of hydrogen-bond acceptors (Lipinski definition) is 4. The van der Waals surface area contributed by atoms with Gasteiger partial charge < -0.3 is 5.73 Å². The molecule has 2 unspecified atom stereocenters. The molecule has 0 radical (unpaired) electrons. The summed E-state index contributed by atoms with van der Waals surface area (Å²) < 4.78 is 0. The Morgan fingerprint density at radius 2 is 2.22 bits per heavy atom. The van der Waals surface area contributed by atoms with Gasteiger partial charge in [0.05, 0.1) is 12.1 Å². The van der Waals surface area contributed by atoms with E-state index >= 15 is 0 Å². The number of nitriles is 1. The highest BCUT2D eigenvalue weighted by molar-refractivity contribution is 7.10. The van der Waals surface area contributed by atoms with Crippen LogP contribution in [-0.2, 0) is 0 Å². The Hall–Kier alpha value is -0.890. The maximum absolute atomic E-state index is 8.80. The highest BCUT2D eigenvalue weighted by Gasteiger charge is 2.28. The lowest BCUT2D eigenvalue weighted by atomic mass is 10.0. The molecule has 2 atom stereocenters. The summed E-state index contributed by atoms with van der Waals surface area (Å²) in [5.41, 5.74) is 6.30. The van der Waals surface area contributed by atoms with Crippen LogP contribution in [0.5, 0.6) is 0 Å². The number of rotatable bonds is 7. The minimum atomic E-state index is 0.116. The first kappa shape index (κ1) is 15.2. The first-order valence-electron chi connectivity index (χ1n) is 6.53. The molecule has 0 amide bonds. The molecule has 0 fully saturated rings. The molecule has 0 spiro atoms. The van der Waals surface area contributed by atoms with Crippen LogP contribution >= 0.6 is 11.3 Å². The van der Waals surface area contributed by atoms with Gasteiger partial charge in [0.2, 0.25) is 0 Å². The van der Waals surface area contributed by atoms with Crippen molar-refractivity contribution in [3.63, 3.8) is 0 Å². The fraction of sp³-hybridized carbons (Fsp3) is 0.643. The van der Waals surface area contributed by atoms with E-state index in [-0.39, 0.29) is 12.1 Å². The summed E-state index contributed by atoms with van der Waals surface area (Å²) in [5.74, 6) is 0. The van der Waals surface area contributed by atoms with Crippen LogP contribution in [-0.4, -0.2) is 23.5 Å². The van der Waals surface area contributed by atoms with Gasteiger partial charge in [-0.25, -0.2) is 0 Å². The van der Waals surface area contributed by atoms with Gasteiger partial charge in [0, 0.05) is 29.9 Å². The van der Waals surface area contributed by atoms with E-state index in [4.69, 9.17) is 11.0 Å². The van der Waals surface area contributed by atoms with E-state index in [1.54, 1.807) is 11.3 Å². The second-order valence-electron chi connectivity index (χ2n) is 4.77. The molecule has 4 heteroatoms. The van der Waals surface area contributed by atoms with E-state index in [2.05, 4.69) is 49.3 Å². The van der Waals surface area contributed by atoms with Crippen LogP contribution in [0.4, 0.5) is 0 Å². The van der Waals surface area contributed by atoms with E-state index in [1.165, 1.54) is 4.88 Å². The number of thiophene rings is 1. The van der Waals surface area contributed by atoms with Gasteiger partial charge in [-0.1, -0.05) is 13.0 Å². The third-order valence-corrected chi connectivity index (χ3v) is 4.16. The van der Waals surface area contributed by atoms with E-state index in [0.29, 0.717) is 12.5 Å². The molecule has 1 aromatic rings. The summed E-state index contributed by atoms with van der Waals surface area (Å²) >= 11 is 1.75.